The average molecular weight is 212 g/mol. The van der Waals surface area contributed by atoms with Crippen LogP contribution in [0.5, 0.6) is 11.5 Å². The van der Waals surface area contributed by atoms with Crippen molar-refractivity contribution in [1.82, 2.24) is 0 Å². The highest BCUT2D eigenvalue weighted by Crippen LogP contribution is 2.40. The number of aromatic hydroxyl groups is 1. The summed E-state index contributed by atoms with van der Waals surface area (Å²) in [5, 5.41) is 19.0. The van der Waals surface area contributed by atoms with Gasteiger partial charge < -0.3 is 14.9 Å². The number of hydrogen-bond acceptors (Lipinski definition) is 3. The SMILES string of the molecule is COc1cc(CC2(O)CC2)c(F)cc1O. The predicted octanol–water partition coefficient (Wildman–Crippen LogP) is 1.61. The molecule has 0 atom stereocenters. The highest BCUT2D eigenvalue weighted by atomic mass is 19.1. The summed E-state index contributed by atoms with van der Waals surface area (Å²) in [4.78, 5) is 0. The quantitative estimate of drug-likeness (QED) is 0.800. The highest BCUT2D eigenvalue weighted by molar-refractivity contribution is 5.43. The van der Waals surface area contributed by atoms with Crippen LogP contribution in [0.2, 0.25) is 0 Å². The number of phenolic OH excluding ortho intramolecular Hbond substituents is 1. The Bertz CT molecular complexity index is 386. The molecule has 0 aromatic heterocycles. The molecule has 1 aliphatic rings. The van der Waals surface area contributed by atoms with Crippen LogP contribution in [-0.2, 0) is 6.42 Å². The Balaban J connectivity index is 2.29. The zero-order valence-electron chi connectivity index (χ0n) is 8.46. The van der Waals surface area contributed by atoms with E-state index in [0.717, 1.165) is 6.07 Å². The van der Waals surface area contributed by atoms with Crippen LogP contribution in [0, 0.1) is 5.82 Å². The lowest BCUT2D eigenvalue weighted by Gasteiger charge is -2.11. The van der Waals surface area contributed by atoms with E-state index >= 15 is 0 Å². The molecule has 2 rings (SSSR count). The molecular weight excluding hydrogens is 199 g/mol. The van der Waals surface area contributed by atoms with Crippen LogP contribution in [0.1, 0.15) is 18.4 Å². The summed E-state index contributed by atoms with van der Waals surface area (Å²) >= 11 is 0. The van der Waals surface area contributed by atoms with E-state index in [1.165, 1.54) is 13.2 Å². The Morgan fingerprint density at radius 3 is 2.67 bits per heavy atom. The van der Waals surface area contributed by atoms with E-state index in [1.54, 1.807) is 0 Å². The van der Waals surface area contributed by atoms with Gasteiger partial charge in [-0.15, -0.1) is 0 Å². The van der Waals surface area contributed by atoms with Crippen LogP contribution in [-0.4, -0.2) is 22.9 Å². The molecule has 0 saturated heterocycles. The lowest BCUT2D eigenvalue weighted by Crippen LogP contribution is -2.12. The van der Waals surface area contributed by atoms with Crippen LogP contribution < -0.4 is 4.74 Å². The van der Waals surface area contributed by atoms with Crippen LogP contribution in [0.4, 0.5) is 4.39 Å². The minimum absolute atomic E-state index is 0.221. The number of aliphatic hydroxyl groups is 1. The summed E-state index contributed by atoms with van der Waals surface area (Å²) in [6.07, 6.45) is 1.68. The number of phenols is 1. The molecule has 0 unspecified atom stereocenters. The van der Waals surface area contributed by atoms with Crippen molar-refractivity contribution in [3.63, 3.8) is 0 Å². The molecule has 2 N–H and O–H groups in total. The number of hydrogen-bond donors (Lipinski definition) is 2. The minimum atomic E-state index is -0.747. The normalized spacial score (nSPS) is 17.5. The van der Waals surface area contributed by atoms with Gasteiger partial charge in [-0.25, -0.2) is 4.39 Å². The summed E-state index contributed by atoms with van der Waals surface area (Å²) in [6, 6.07) is 2.45. The summed E-state index contributed by atoms with van der Waals surface area (Å²) < 4.78 is 18.3. The lowest BCUT2D eigenvalue weighted by atomic mass is 10.1. The van der Waals surface area contributed by atoms with Crippen LogP contribution in [0.3, 0.4) is 0 Å². The van der Waals surface area contributed by atoms with Gasteiger partial charge in [-0.2, -0.15) is 0 Å². The second-order valence-corrected chi connectivity index (χ2v) is 4.02. The molecule has 0 heterocycles. The fourth-order valence-corrected chi connectivity index (χ4v) is 1.56. The van der Waals surface area contributed by atoms with E-state index in [1.807, 2.05) is 0 Å². The second kappa shape index (κ2) is 3.38. The van der Waals surface area contributed by atoms with Gasteiger partial charge in [-0.1, -0.05) is 0 Å². The third-order valence-electron chi connectivity index (χ3n) is 2.69. The first-order valence-corrected chi connectivity index (χ1v) is 4.82. The van der Waals surface area contributed by atoms with Gasteiger partial charge in [-0.3, -0.25) is 0 Å². The lowest BCUT2D eigenvalue weighted by molar-refractivity contribution is 0.149. The molecule has 0 aliphatic heterocycles. The van der Waals surface area contributed by atoms with Gasteiger partial charge in [0, 0.05) is 12.5 Å². The van der Waals surface area contributed by atoms with Crippen molar-refractivity contribution < 1.29 is 19.3 Å². The van der Waals surface area contributed by atoms with Crippen LogP contribution >= 0.6 is 0 Å². The van der Waals surface area contributed by atoms with E-state index in [-0.39, 0.29) is 17.9 Å². The van der Waals surface area contributed by atoms with Gasteiger partial charge in [0.25, 0.3) is 0 Å². The molecule has 3 nitrogen and oxygen atoms in total. The highest BCUT2D eigenvalue weighted by Gasteiger charge is 2.40. The van der Waals surface area contributed by atoms with Crippen molar-refractivity contribution in [3.8, 4) is 11.5 Å². The number of halogens is 1. The van der Waals surface area contributed by atoms with Gasteiger partial charge in [0.05, 0.1) is 12.7 Å². The molecule has 0 radical (unpaired) electrons. The zero-order valence-corrected chi connectivity index (χ0v) is 8.46. The standard InChI is InChI=1S/C11H13FO3/c1-15-10-4-7(6-11(14)2-3-11)8(12)5-9(10)13/h4-5,13-14H,2-3,6H2,1H3. The average Bonchev–Trinajstić information content (AvgIpc) is 2.89. The second-order valence-electron chi connectivity index (χ2n) is 4.02. The third kappa shape index (κ3) is 2.04. The molecule has 1 aromatic rings. The van der Waals surface area contributed by atoms with Crippen LogP contribution in [0.15, 0.2) is 12.1 Å². The van der Waals surface area contributed by atoms with E-state index in [0.29, 0.717) is 18.4 Å². The van der Waals surface area contributed by atoms with Crippen molar-refractivity contribution in [2.24, 2.45) is 0 Å². The van der Waals surface area contributed by atoms with Crippen molar-refractivity contribution in [1.29, 1.82) is 0 Å². The fraction of sp³-hybridized carbons (Fsp3) is 0.455. The molecule has 1 aliphatic carbocycles. The maximum absolute atomic E-state index is 13.4. The topological polar surface area (TPSA) is 49.7 Å². The molecule has 15 heavy (non-hydrogen) atoms. The Kier molecular flexibility index (Phi) is 2.31. The van der Waals surface area contributed by atoms with E-state index in [9.17, 15) is 14.6 Å². The minimum Gasteiger partial charge on any atom is -0.504 e. The first kappa shape index (κ1) is 10.2. The number of methoxy groups -OCH3 is 1. The first-order valence-electron chi connectivity index (χ1n) is 4.82. The molecule has 1 aromatic carbocycles. The number of ether oxygens (including phenoxy) is 1. The maximum atomic E-state index is 13.4. The monoisotopic (exact) mass is 212 g/mol. The van der Waals surface area contributed by atoms with E-state index in [2.05, 4.69) is 0 Å². The maximum Gasteiger partial charge on any atom is 0.160 e. The summed E-state index contributed by atoms with van der Waals surface area (Å²) in [5.41, 5.74) is -0.368. The summed E-state index contributed by atoms with van der Waals surface area (Å²) in [6.45, 7) is 0. The zero-order chi connectivity index (χ0) is 11.1. The summed E-state index contributed by atoms with van der Waals surface area (Å²) in [7, 11) is 1.41. The van der Waals surface area contributed by atoms with Crippen molar-refractivity contribution in [2.45, 2.75) is 24.9 Å². The van der Waals surface area contributed by atoms with Crippen molar-refractivity contribution in [3.05, 3.63) is 23.5 Å². The van der Waals surface area contributed by atoms with Gasteiger partial charge >= 0.3 is 0 Å². The van der Waals surface area contributed by atoms with E-state index in [4.69, 9.17) is 4.74 Å². The molecule has 0 bridgehead atoms. The van der Waals surface area contributed by atoms with Gasteiger partial charge in [0.15, 0.2) is 11.5 Å². The fourth-order valence-electron chi connectivity index (χ4n) is 1.56. The number of benzene rings is 1. The smallest absolute Gasteiger partial charge is 0.160 e. The predicted molar refractivity (Wildman–Crippen MR) is 52.5 cm³/mol. The Morgan fingerprint density at radius 1 is 1.47 bits per heavy atom. The third-order valence-corrected chi connectivity index (χ3v) is 2.69. The molecule has 4 heteroatoms. The Morgan fingerprint density at radius 2 is 2.13 bits per heavy atom. The molecular formula is C11H13FO3. The number of rotatable bonds is 3. The summed E-state index contributed by atoms with van der Waals surface area (Å²) in [5.74, 6) is -0.495. The van der Waals surface area contributed by atoms with Gasteiger partial charge in [0.2, 0.25) is 0 Å². The Labute approximate surface area is 87.1 Å². The Hall–Kier alpha value is -1.29. The van der Waals surface area contributed by atoms with Crippen molar-refractivity contribution >= 4 is 0 Å². The largest absolute Gasteiger partial charge is 0.504 e. The molecule has 82 valence electrons. The van der Waals surface area contributed by atoms with Crippen LogP contribution in [0.25, 0.3) is 0 Å². The molecule has 1 fully saturated rings. The van der Waals surface area contributed by atoms with E-state index < -0.39 is 11.4 Å². The van der Waals surface area contributed by atoms with Crippen molar-refractivity contribution in [2.75, 3.05) is 7.11 Å². The van der Waals surface area contributed by atoms with Gasteiger partial charge in [0.1, 0.15) is 5.82 Å². The first-order chi connectivity index (χ1) is 7.04. The molecule has 1 saturated carbocycles. The molecule has 0 spiro atoms. The van der Waals surface area contributed by atoms with Gasteiger partial charge in [-0.05, 0) is 24.5 Å². The molecule has 0 amide bonds.